The van der Waals surface area contributed by atoms with Crippen LogP contribution in [-0.4, -0.2) is 23.5 Å². The van der Waals surface area contributed by atoms with E-state index in [2.05, 4.69) is 22.5 Å². The van der Waals surface area contributed by atoms with Crippen molar-refractivity contribution in [2.75, 3.05) is 6.54 Å². The number of carbonyl (C=O) groups excluding carboxylic acids is 1. The normalized spacial score (nSPS) is 24.5. The fourth-order valence-corrected chi connectivity index (χ4v) is 2.73. The molecule has 1 aliphatic rings. The van der Waals surface area contributed by atoms with Gasteiger partial charge in [0.1, 0.15) is 0 Å². The van der Waals surface area contributed by atoms with Gasteiger partial charge in [0.25, 0.3) is 0 Å². The van der Waals surface area contributed by atoms with Gasteiger partial charge < -0.3 is 10.6 Å². The van der Waals surface area contributed by atoms with Gasteiger partial charge in [-0.3, -0.25) is 9.78 Å². The van der Waals surface area contributed by atoms with Gasteiger partial charge in [-0.25, -0.2) is 0 Å². The van der Waals surface area contributed by atoms with Crippen molar-refractivity contribution >= 4 is 17.2 Å². The first-order valence-corrected chi connectivity index (χ1v) is 7.06. The minimum atomic E-state index is -0.0124. The molecule has 17 heavy (non-hydrogen) atoms. The fourth-order valence-electron chi connectivity index (χ4n) is 2.19. The van der Waals surface area contributed by atoms with Crippen molar-refractivity contribution in [2.45, 2.75) is 38.8 Å². The molecular formula is C12H19N3OS. The number of amides is 1. The zero-order chi connectivity index (χ0) is 12.1. The Balaban J connectivity index is 1.79. The third-order valence-electron chi connectivity index (χ3n) is 3.33. The van der Waals surface area contributed by atoms with E-state index in [-0.39, 0.29) is 11.9 Å². The van der Waals surface area contributed by atoms with Gasteiger partial charge in [0.2, 0.25) is 5.91 Å². The maximum atomic E-state index is 12.0. The Hall–Kier alpha value is -0.940. The standard InChI is InChI=1S/C12H19N3OS/c1-2-9-3-4-14-11(5-9)12(16)15-7-10-6-13-8-17-10/h6,8-9,11,14H,2-5,7H2,1H3,(H,15,16). The smallest absolute Gasteiger partial charge is 0.237 e. The molecule has 1 saturated heterocycles. The molecule has 0 bridgehead atoms. The van der Waals surface area contributed by atoms with Crippen molar-refractivity contribution in [2.24, 2.45) is 5.92 Å². The minimum absolute atomic E-state index is 0.0124. The summed E-state index contributed by atoms with van der Waals surface area (Å²) in [4.78, 5) is 17.1. The van der Waals surface area contributed by atoms with Crippen LogP contribution in [0.2, 0.25) is 0 Å². The highest BCUT2D eigenvalue weighted by Gasteiger charge is 2.25. The summed E-state index contributed by atoms with van der Waals surface area (Å²) < 4.78 is 0. The predicted octanol–water partition coefficient (Wildman–Crippen LogP) is 1.54. The third-order valence-corrected chi connectivity index (χ3v) is 4.11. The van der Waals surface area contributed by atoms with Crippen molar-refractivity contribution in [1.82, 2.24) is 15.6 Å². The molecule has 1 aromatic rings. The summed E-state index contributed by atoms with van der Waals surface area (Å²) in [6.45, 7) is 3.75. The van der Waals surface area contributed by atoms with E-state index in [1.165, 1.54) is 12.8 Å². The lowest BCUT2D eigenvalue weighted by Crippen LogP contribution is -2.48. The molecule has 1 amide bonds. The molecule has 1 aromatic heterocycles. The van der Waals surface area contributed by atoms with Gasteiger partial charge >= 0.3 is 0 Å². The Labute approximate surface area is 106 Å². The van der Waals surface area contributed by atoms with E-state index in [9.17, 15) is 4.79 Å². The second kappa shape index (κ2) is 6.12. The van der Waals surface area contributed by atoms with Crippen LogP contribution in [0.3, 0.4) is 0 Å². The summed E-state index contributed by atoms with van der Waals surface area (Å²) in [5.41, 5.74) is 1.79. The lowest BCUT2D eigenvalue weighted by atomic mass is 9.90. The van der Waals surface area contributed by atoms with Crippen LogP contribution in [0.15, 0.2) is 11.7 Å². The molecule has 2 atom stereocenters. The third kappa shape index (κ3) is 3.51. The fraction of sp³-hybridized carbons (Fsp3) is 0.667. The summed E-state index contributed by atoms with van der Waals surface area (Å²) in [5.74, 6) is 0.812. The van der Waals surface area contributed by atoms with Crippen LogP contribution in [0.4, 0.5) is 0 Å². The number of aromatic nitrogens is 1. The summed E-state index contributed by atoms with van der Waals surface area (Å²) in [6.07, 6.45) is 5.12. The van der Waals surface area contributed by atoms with E-state index in [1.807, 2.05) is 0 Å². The first-order chi connectivity index (χ1) is 8.29. The van der Waals surface area contributed by atoms with Gasteiger partial charge in [-0.05, 0) is 25.3 Å². The number of hydrogen-bond donors (Lipinski definition) is 2. The highest BCUT2D eigenvalue weighted by Crippen LogP contribution is 2.19. The van der Waals surface area contributed by atoms with Gasteiger partial charge in [0.05, 0.1) is 18.1 Å². The Bertz CT molecular complexity index is 353. The quantitative estimate of drug-likeness (QED) is 0.856. The Morgan fingerprint density at radius 2 is 2.59 bits per heavy atom. The molecule has 5 heteroatoms. The van der Waals surface area contributed by atoms with Gasteiger partial charge in [0, 0.05) is 11.1 Å². The van der Waals surface area contributed by atoms with Gasteiger partial charge in [-0.15, -0.1) is 11.3 Å². The number of piperidine rings is 1. The van der Waals surface area contributed by atoms with E-state index in [1.54, 1.807) is 23.0 Å². The van der Waals surface area contributed by atoms with Crippen molar-refractivity contribution in [3.63, 3.8) is 0 Å². The zero-order valence-corrected chi connectivity index (χ0v) is 10.9. The number of rotatable bonds is 4. The van der Waals surface area contributed by atoms with Crippen molar-refractivity contribution in [3.8, 4) is 0 Å². The van der Waals surface area contributed by atoms with Crippen molar-refractivity contribution in [1.29, 1.82) is 0 Å². The molecule has 0 spiro atoms. The highest BCUT2D eigenvalue weighted by atomic mass is 32.1. The molecule has 0 aliphatic carbocycles. The highest BCUT2D eigenvalue weighted by molar-refractivity contribution is 7.09. The Morgan fingerprint density at radius 1 is 1.71 bits per heavy atom. The second-order valence-electron chi connectivity index (χ2n) is 4.49. The van der Waals surface area contributed by atoms with Crippen LogP contribution >= 0.6 is 11.3 Å². The summed E-state index contributed by atoms with van der Waals surface area (Å²) >= 11 is 1.57. The maximum absolute atomic E-state index is 12.0. The predicted molar refractivity (Wildman–Crippen MR) is 68.8 cm³/mol. The lowest BCUT2D eigenvalue weighted by Gasteiger charge is -2.28. The number of carbonyl (C=O) groups is 1. The van der Waals surface area contributed by atoms with E-state index >= 15 is 0 Å². The van der Waals surface area contributed by atoms with Gasteiger partial charge in [-0.2, -0.15) is 0 Å². The Morgan fingerprint density at radius 3 is 3.29 bits per heavy atom. The molecule has 4 nitrogen and oxygen atoms in total. The van der Waals surface area contributed by atoms with E-state index in [0.717, 1.165) is 17.8 Å². The van der Waals surface area contributed by atoms with Crippen LogP contribution in [0.25, 0.3) is 0 Å². The molecular weight excluding hydrogens is 234 g/mol. The first kappa shape index (κ1) is 12.5. The van der Waals surface area contributed by atoms with Crippen LogP contribution in [0, 0.1) is 5.92 Å². The van der Waals surface area contributed by atoms with Crippen LogP contribution in [0.5, 0.6) is 0 Å². The molecule has 0 aromatic carbocycles. The number of nitrogens with zero attached hydrogens (tertiary/aromatic N) is 1. The monoisotopic (exact) mass is 253 g/mol. The first-order valence-electron chi connectivity index (χ1n) is 6.18. The number of thiazole rings is 1. The number of hydrogen-bond acceptors (Lipinski definition) is 4. The lowest BCUT2D eigenvalue weighted by molar-refractivity contribution is -0.124. The molecule has 0 radical (unpaired) electrons. The van der Waals surface area contributed by atoms with Crippen molar-refractivity contribution in [3.05, 3.63) is 16.6 Å². The average Bonchev–Trinajstić information content (AvgIpc) is 2.89. The Kier molecular flexibility index (Phi) is 4.50. The van der Waals surface area contributed by atoms with E-state index in [4.69, 9.17) is 0 Å². The molecule has 1 aliphatic heterocycles. The van der Waals surface area contributed by atoms with Crippen molar-refractivity contribution < 1.29 is 4.79 Å². The molecule has 94 valence electrons. The molecule has 0 saturated carbocycles. The number of nitrogens with one attached hydrogen (secondary N) is 2. The van der Waals surface area contributed by atoms with Crippen LogP contribution in [-0.2, 0) is 11.3 Å². The summed E-state index contributed by atoms with van der Waals surface area (Å²) in [6, 6.07) is -0.0124. The van der Waals surface area contributed by atoms with Crippen LogP contribution in [0.1, 0.15) is 31.1 Å². The summed E-state index contributed by atoms with van der Waals surface area (Å²) in [7, 11) is 0. The molecule has 2 unspecified atom stereocenters. The van der Waals surface area contributed by atoms with Gasteiger partial charge in [-0.1, -0.05) is 13.3 Å². The SMILES string of the molecule is CCC1CCNC(C(=O)NCc2cncs2)C1. The largest absolute Gasteiger partial charge is 0.350 e. The summed E-state index contributed by atoms with van der Waals surface area (Å²) in [5, 5.41) is 6.26. The van der Waals surface area contributed by atoms with Gasteiger partial charge in [0.15, 0.2) is 0 Å². The molecule has 2 N–H and O–H groups in total. The second-order valence-corrected chi connectivity index (χ2v) is 5.46. The van der Waals surface area contributed by atoms with E-state index in [0.29, 0.717) is 12.5 Å². The minimum Gasteiger partial charge on any atom is -0.350 e. The topological polar surface area (TPSA) is 54.0 Å². The molecule has 2 rings (SSSR count). The molecule has 2 heterocycles. The average molecular weight is 253 g/mol. The zero-order valence-electron chi connectivity index (χ0n) is 10.1. The van der Waals surface area contributed by atoms with Crippen LogP contribution < -0.4 is 10.6 Å². The molecule has 1 fully saturated rings. The maximum Gasteiger partial charge on any atom is 0.237 e. The van der Waals surface area contributed by atoms with E-state index < -0.39 is 0 Å².